The van der Waals surface area contributed by atoms with Gasteiger partial charge in [-0.15, -0.1) is 5.06 Å². The van der Waals surface area contributed by atoms with E-state index in [0.29, 0.717) is 29.5 Å². The molecule has 0 unspecified atom stereocenters. The Morgan fingerprint density at radius 3 is 2.60 bits per heavy atom. The average molecular weight is 598 g/mol. The molecule has 5 rings (SSSR count). The molecule has 0 radical (unpaired) electrons. The molecule has 2 N–H and O–H groups in total. The Morgan fingerprint density at radius 1 is 1.12 bits per heavy atom. The van der Waals surface area contributed by atoms with E-state index in [1.54, 1.807) is 52.2 Å². The number of piperazine rings is 1. The third kappa shape index (κ3) is 7.03. The van der Waals surface area contributed by atoms with Crippen LogP contribution >= 0.6 is 11.6 Å². The van der Waals surface area contributed by atoms with Gasteiger partial charge in [0.05, 0.1) is 24.1 Å². The van der Waals surface area contributed by atoms with Gasteiger partial charge in [-0.1, -0.05) is 38.4 Å². The summed E-state index contributed by atoms with van der Waals surface area (Å²) in [5.41, 5.74) is 2.77. The predicted molar refractivity (Wildman–Crippen MR) is 160 cm³/mol. The van der Waals surface area contributed by atoms with Gasteiger partial charge in [-0.3, -0.25) is 9.48 Å². The second-order valence-electron chi connectivity index (χ2n) is 11.9. The van der Waals surface area contributed by atoms with Crippen LogP contribution in [0, 0.1) is 11.2 Å². The molecule has 0 saturated carbocycles. The average Bonchev–Trinajstić information content (AvgIpc) is 3.19. The van der Waals surface area contributed by atoms with Crippen molar-refractivity contribution < 1.29 is 18.8 Å². The monoisotopic (exact) mass is 597 g/mol. The number of halogens is 2. The molecule has 42 heavy (non-hydrogen) atoms. The van der Waals surface area contributed by atoms with E-state index in [2.05, 4.69) is 41.4 Å². The lowest BCUT2D eigenvalue weighted by Gasteiger charge is -2.34. The van der Waals surface area contributed by atoms with E-state index in [0.717, 1.165) is 37.4 Å². The largest absolute Gasteiger partial charge is 0.426 e. The fourth-order valence-electron chi connectivity index (χ4n) is 5.00. The number of benzene rings is 2. The Labute approximate surface area is 250 Å². The highest BCUT2D eigenvalue weighted by molar-refractivity contribution is 6.31. The van der Waals surface area contributed by atoms with Gasteiger partial charge in [-0.25, -0.2) is 9.18 Å². The van der Waals surface area contributed by atoms with Gasteiger partial charge in [0, 0.05) is 61.5 Å². The summed E-state index contributed by atoms with van der Waals surface area (Å²) in [5.74, 6) is -0.229. The zero-order valence-electron chi connectivity index (χ0n) is 24.4. The van der Waals surface area contributed by atoms with Crippen LogP contribution in [0.15, 0.2) is 42.6 Å². The number of fused-ring (bicyclic) bond motifs is 2. The summed E-state index contributed by atoms with van der Waals surface area (Å²) in [7, 11) is 1.81. The fraction of sp³-hybridized carbons (Fsp3) is 0.433. The Morgan fingerprint density at radius 2 is 1.88 bits per heavy atom. The zero-order chi connectivity index (χ0) is 30.0. The molecule has 2 aliphatic heterocycles. The highest BCUT2D eigenvalue weighted by Gasteiger charge is 2.28. The standard InChI is InChI=1S/C30H37ClFN7O3/c1-30(2,3)9-10-37-11-13-38(14-12-37)42-29(41)33-17-21-6-5-20(15-24(21)32)28(40)39-19-22-18-34-36(4)27(22)35-25-16-23(31)7-8-26(25)39/h5-8,15-16,18,35H,9-14,17,19H2,1-4H3,(H,33,41). The molecule has 3 aromatic rings. The second-order valence-corrected chi connectivity index (χ2v) is 12.4. The van der Waals surface area contributed by atoms with Crippen LogP contribution in [0.25, 0.3) is 0 Å². The third-order valence-electron chi connectivity index (χ3n) is 7.54. The smallest absolute Gasteiger partial charge is 0.351 e. The summed E-state index contributed by atoms with van der Waals surface area (Å²) < 4.78 is 16.8. The van der Waals surface area contributed by atoms with Crippen LogP contribution in [0.3, 0.4) is 0 Å². The zero-order valence-corrected chi connectivity index (χ0v) is 25.2. The molecular weight excluding hydrogens is 561 g/mol. The van der Waals surface area contributed by atoms with Crippen molar-refractivity contribution in [2.45, 2.75) is 40.3 Å². The van der Waals surface area contributed by atoms with Gasteiger partial charge in [0.1, 0.15) is 11.6 Å². The van der Waals surface area contributed by atoms with Crippen molar-refractivity contribution in [2.24, 2.45) is 12.5 Å². The minimum atomic E-state index is -0.641. The number of nitrogens with zero attached hydrogens (tertiary/aromatic N) is 5. The number of aryl methyl sites for hydroxylation is 1. The summed E-state index contributed by atoms with van der Waals surface area (Å²) in [4.78, 5) is 35.4. The third-order valence-corrected chi connectivity index (χ3v) is 7.77. The molecule has 1 aromatic heterocycles. The van der Waals surface area contributed by atoms with Gasteiger partial charge in [0.25, 0.3) is 5.91 Å². The van der Waals surface area contributed by atoms with Crippen molar-refractivity contribution in [3.63, 3.8) is 0 Å². The first-order chi connectivity index (χ1) is 20.0. The van der Waals surface area contributed by atoms with Crippen LogP contribution in [0.1, 0.15) is 48.7 Å². The van der Waals surface area contributed by atoms with E-state index in [1.165, 1.54) is 12.1 Å². The number of carbonyl (C=O) groups excluding carboxylic acids is 2. The minimum absolute atomic E-state index is 0.0707. The molecule has 3 heterocycles. The van der Waals surface area contributed by atoms with Crippen molar-refractivity contribution in [3.8, 4) is 0 Å². The lowest BCUT2D eigenvalue weighted by Crippen LogP contribution is -2.48. The van der Waals surface area contributed by atoms with Crippen LogP contribution in [-0.2, 0) is 25.0 Å². The van der Waals surface area contributed by atoms with Gasteiger partial charge in [-0.2, -0.15) is 5.10 Å². The predicted octanol–water partition coefficient (Wildman–Crippen LogP) is 5.31. The van der Waals surface area contributed by atoms with E-state index in [4.69, 9.17) is 16.4 Å². The first-order valence-electron chi connectivity index (χ1n) is 14.1. The molecule has 2 amide bonds. The Kier molecular flexibility index (Phi) is 8.72. The quantitative estimate of drug-likeness (QED) is 0.398. The van der Waals surface area contributed by atoms with Crippen molar-refractivity contribution >= 4 is 40.8 Å². The second kappa shape index (κ2) is 12.3. The van der Waals surface area contributed by atoms with Gasteiger partial charge < -0.3 is 25.3 Å². The van der Waals surface area contributed by atoms with Crippen LogP contribution in [0.4, 0.5) is 26.4 Å². The minimum Gasteiger partial charge on any atom is -0.351 e. The van der Waals surface area contributed by atoms with Crippen molar-refractivity contribution in [2.75, 3.05) is 42.9 Å². The van der Waals surface area contributed by atoms with Gasteiger partial charge >= 0.3 is 6.09 Å². The molecule has 1 fully saturated rings. The summed E-state index contributed by atoms with van der Waals surface area (Å²) >= 11 is 6.23. The van der Waals surface area contributed by atoms with E-state index < -0.39 is 11.9 Å². The highest BCUT2D eigenvalue weighted by Crippen LogP contribution is 2.38. The summed E-state index contributed by atoms with van der Waals surface area (Å²) in [6.07, 6.45) is 2.15. The van der Waals surface area contributed by atoms with Gasteiger partial charge in [0.2, 0.25) is 0 Å². The molecule has 0 spiro atoms. The molecular formula is C30H37ClFN7O3. The summed E-state index contributed by atoms with van der Waals surface area (Å²) in [5, 5.41) is 12.4. The normalized spacial score (nSPS) is 15.8. The van der Waals surface area contributed by atoms with E-state index in [1.807, 2.05) is 0 Å². The Bertz CT molecular complexity index is 1460. The fourth-order valence-corrected chi connectivity index (χ4v) is 5.17. The number of hydroxylamine groups is 2. The molecule has 10 nitrogen and oxygen atoms in total. The van der Waals surface area contributed by atoms with Crippen molar-refractivity contribution in [3.05, 3.63) is 70.1 Å². The molecule has 0 aliphatic carbocycles. The Balaban J connectivity index is 1.19. The summed E-state index contributed by atoms with van der Waals surface area (Å²) in [6, 6.07) is 9.46. The highest BCUT2D eigenvalue weighted by atomic mass is 35.5. The molecule has 2 aliphatic rings. The molecule has 0 atom stereocenters. The number of hydrogen-bond donors (Lipinski definition) is 2. The van der Waals surface area contributed by atoms with Crippen LogP contribution in [0.5, 0.6) is 0 Å². The number of anilines is 3. The van der Waals surface area contributed by atoms with Crippen molar-refractivity contribution in [1.82, 2.24) is 25.1 Å². The Hall–Kier alpha value is -3.67. The summed E-state index contributed by atoms with van der Waals surface area (Å²) in [6.45, 7) is 10.7. The lowest BCUT2D eigenvalue weighted by molar-refractivity contribution is -0.123. The maximum absolute atomic E-state index is 15.1. The lowest BCUT2D eigenvalue weighted by atomic mass is 9.92. The molecule has 12 heteroatoms. The van der Waals surface area contributed by atoms with Crippen LogP contribution in [-0.4, -0.2) is 64.5 Å². The van der Waals surface area contributed by atoms with Crippen LogP contribution in [0.2, 0.25) is 5.02 Å². The number of hydrogen-bond acceptors (Lipinski definition) is 7. The first kappa shape index (κ1) is 29.8. The number of rotatable bonds is 6. The maximum atomic E-state index is 15.1. The number of nitrogens with one attached hydrogen (secondary N) is 2. The molecule has 2 aromatic carbocycles. The molecule has 224 valence electrons. The number of aromatic nitrogens is 2. The van der Waals surface area contributed by atoms with E-state index in [-0.39, 0.29) is 35.5 Å². The first-order valence-corrected chi connectivity index (χ1v) is 14.5. The number of amides is 2. The van der Waals surface area contributed by atoms with Crippen LogP contribution < -0.4 is 15.5 Å². The SMILES string of the molecule is Cn1ncc2c1Nc1cc(Cl)ccc1N(C(=O)c1ccc(CNC(=O)ON3CCN(CCC(C)(C)C)CC3)c(F)c1)C2. The molecule has 0 bridgehead atoms. The topological polar surface area (TPSA) is 95.0 Å². The van der Waals surface area contributed by atoms with E-state index in [9.17, 15) is 9.59 Å². The maximum Gasteiger partial charge on any atom is 0.426 e. The van der Waals surface area contributed by atoms with E-state index >= 15 is 4.39 Å². The van der Waals surface area contributed by atoms with Gasteiger partial charge in [-0.05, 0) is 48.7 Å². The van der Waals surface area contributed by atoms with Crippen molar-refractivity contribution in [1.29, 1.82) is 0 Å². The molecule has 1 saturated heterocycles. The van der Waals surface area contributed by atoms with Gasteiger partial charge in [0.15, 0.2) is 0 Å². The number of carbonyl (C=O) groups is 2.